The number of hydrogen-bond donors (Lipinski definition) is 1. The lowest BCUT2D eigenvalue weighted by atomic mass is 9.99. The number of nitrogens with two attached hydrogens (primary N) is 1. The van der Waals surface area contributed by atoms with Crippen molar-refractivity contribution in [2.24, 2.45) is 0 Å². The van der Waals surface area contributed by atoms with Crippen molar-refractivity contribution < 1.29 is 4.74 Å². The Hall–Kier alpha value is -1.20. The smallest absolute Gasteiger partial charge is 0.135 e. The Labute approximate surface area is 104 Å². The predicted octanol–water partition coefficient (Wildman–Crippen LogP) is 2.48. The molecule has 0 radical (unpaired) electrons. The van der Waals surface area contributed by atoms with E-state index in [4.69, 9.17) is 10.5 Å². The summed E-state index contributed by atoms with van der Waals surface area (Å²) in [6.07, 6.45) is 1.99. The molecule has 2 aromatic heterocycles. The summed E-state index contributed by atoms with van der Waals surface area (Å²) in [5, 5.41) is 0.989. The van der Waals surface area contributed by atoms with Crippen LogP contribution in [0.2, 0.25) is 0 Å². The molecule has 4 nitrogen and oxygen atoms in total. The summed E-state index contributed by atoms with van der Waals surface area (Å²) >= 11 is 1.68. The summed E-state index contributed by atoms with van der Waals surface area (Å²) in [4.78, 5) is 11.3. The van der Waals surface area contributed by atoms with Crippen molar-refractivity contribution >= 4 is 27.4 Å². The third-order valence-electron chi connectivity index (χ3n) is 3.15. The minimum absolute atomic E-state index is 0.401. The standard InChI is InChI=1S/C12H15N3OS/c1-7-6-9-10(13)14-11(15-12(9)17-7)8-2-4-16-5-3-8/h6,8H,2-5H2,1H3,(H2,13,14,15). The number of aryl methyl sites for hydroxylation is 1. The molecule has 5 heteroatoms. The molecule has 0 spiro atoms. The number of hydrogen-bond acceptors (Lipinski definition) is 5. The van der Waals surface area contributed by atoms with Crippen molar-refractivity contribution in [3.8, 4) is 0 Å². The summed E-state index contributed by atoms with van der Waals surface area (Å²) in [5.74, 6) is 1.90. The van der Waals surface area contributed by atoms with Crippen molar-refractivity contribution in [2.75, 3.05) is 18.9 Å². The van der Waals surface area contributed by atoms with Gasteiger partial charge in [-0.3, -0.25) is 0 Å². The number of aromatic nitrogens is 2. The quantitative estimate of drug-likeness (QED) is 0.843. The molecule has 17 heavy (non-hydrogen) atoms. The Morgan fingerprint density at radius 3 is 2.88 bits per heavy atom. The predicted molar refractivity (Wildman–Crippen MR) is 69.4 cm³/mol. The highest BCUT2D eigenvalue weighted by atomic mass is 32.1. The Morgan fingerprint density at radius 2 is 2.12 bits per heavy atom. The third-order valence-corrected chi connectivity index (χ3v) is 4.09. The van der Waals surface area contributed by atoms with Crippen LogP contribution >= 0.6 is 11.3 Å². The average Bonchev–Trinajstić information content (AvgIpc) is 2.71. The number of fused-ring (bicyclic) bond motifs is 1. The lowest BCUT2D eigenvalue weighted by Gasteiger charge is -2.20. The van der Waals surface area contributed by atoms with Crippen molar-refractivity contribution in [3.05, 3.63) is 16.8 Å². The van der Waals surface area contributed by atoms with Gasteiger partial charge in [0.1, 0.15) is 16.5 Å². The van der Waals surface area contributed by atoms with E-state index in [-0.39, 0.29) is 0 Å². The molecule has 1 aliphatic rings. The average molecular weight is 249 g/mol. The zero-order chi connectivity index (χ0) is 11.8. The van der Waals surface area contributed by atoms with Gasteiger partial charge in [-0.2, -0.15) is 0 Å². The molecule has 0 bridgehead atoms. The lowest BCUT2D eigenvalue weighted by molar-refractivity contribution is 0.0837. The van der Waals surface area contributed by atoms with E-state index in [0.717, 1.165) is 42.1 Å². The van der Waals surface area contributed by atoms with Crippen molar-refractivity contribution in [2.45, 2.75) is 25.7 Å². The first kappa shape index (κ1) is 10.9. The summed E-state index contributed by atoms with van der Waals surface area (Å²) in [5.41, 5.74) is 6.00. The second-order valence-corrected chi connectivity index (χ2v) is 5.66. The van der Waals surface area contributed by atoms with E-state index in [0.29, 0.717) is 11.7 Å². The first-order valence-corrected chi connectivity index (χ1v) is 6.67. The first-order valence-electron chi connectivity index (χ1n) is 5.85. The normalized spacial score (nSPS) is 17.7. The van der Waals surface area contributed by atoms with E-state index in [1.807, 2.05) is 0 Å². The number of ether oxygens (including phenoxy) is 1. The van der Waals surface area contributed by atoms with Crippen LogP contribution < -0.4 is 5.73 Å². The van der Waals surface area contributed by atoms with Gasteiger partial charge in [-0.05, 0) is 25.8 Å². The van der Waals surface area contributed by atoms with Crippen LogP contribution in [0.25, 0.3) is 10.2 Å². The fourth-order valence-corrected chi connectivity index (χ4v) is 3.11. The molecule has 1 fully saturated rings. The second kappa shape index (κ2) is 4.23. The van der Waals surface area contributed by atoms with Gasteiger partial charge in [-0.1, -0.05) is 0 Å². The van der Waals surface area contributed by atoms with Crippen LogP contribution in [0.5, 0.6) is 0 Å². The first-order chi connectivity index (χ1) is 8.24. The van der Waals surface area contributed by atoms with Crippen LogP contribution in [0.15, 0.2) is 6.07 Å². The van der Waals surface area contributed by atoms with E-state index >= 15 is 0 Å². The maximum absolute atomic E-state index is 6.00. The Bertz CT molecular complexity index is 546. The zero-order valence-corrected chi connectivity index (χ0v) is 10.6. The Morgan fingerprint density at radius 1 is 1.35 bits per heavy atom. The molecule has 0 amide bonds. The van der Waals surface area contributed by atoms with Crippen LogP contribution in [0.4, 0.5) is 5.82 Å². The highest BCUT2D eigenvalue weighted by Crippen LogP contribution is 2.31. The van der Waals surface area contributed by atoms with E-state index in [9.17, 15) is 0 Å². The van der Waals surface area contributed by atoms with Crippen LogP contribution in [-0.4, -0.2) is 23.2 Å². The molecule has 90 valence electrons. The van der Waals surface area contributed by atoms with Gasteiger partial charge in [0.25, 0.3) is 0 Å². The molecule has 2 aromatic rings. The molecular weight excluding hydrogens is 234 g/mol. The molecule has 0 aliphatic carbocycles. The summed E-state index contributed by atoms with van der Waals surface area (Å²) in [7, 11) is 0. The number of nitrogen functional groups attached to an aromatic ring is 1. The molecule has 0 saturated carbocycles. The van der Waals surface area contributed by atoms with Crippen molar-refractivity contribution in [1.29, 1.82) is 0 Å². The molecule has 0 unspecified atom stereocenters. The molecule has 1 saturated heterocycles. The van der Waals surface area contributed by atoms with Crippen molar-refractivity contribution in [1.82, 2.24) is 9.97 Å². The van der Waals surface area contributed by atoms with Gasteiger partial charge < -0.3 is 10.5 Å². The van der Waals surface area contributed by atoms with Crippen LogP contribution in [0, 0.1) is 6.92 Å². The maximum Gasteiger partial charge on any atom is 0.135 e. The van der Waals surface area contributed by atoms with E-state index < -0.39 is 0 Å². The number of thiophene rings is 1. The molecule has 3 heterocycles. The van der Waals surface area contributed by atoms with Crippen LogP contribution in [0.1, 0.15) is 29.5 Å². The fraction of sp³-hybridized carbons (Fsp3) is 0.500. The lowest BCUT2D eigenvalue weighted by Crippen LogP contribution is -2.16. The Kier molecular flexibility index (Phi) is 2.72. The van der Waals surface area contributed by atoms with Crippen LogP contribution in [0.3, 0.4) is 0 Å². The summed E-state index contributed by atoms with van der Waals surface area (Å²) in [6, 6.07) is 2.06. The minimum Gasteiger partial charge on any atom is -0.383 e. The monoisotopic (exact) mass is 249 g/mol. The van der Waals surface area contributed by atoms with Gasteiger partial charge in [0.05, 0.1) is 5.39 Å². The van der Waals surface area contributed by atoms with Gasteiger partial charge in [0.2, 0.25) is 0 Å². The Balaban J connectivity index is 2.04. The second-order valence-electron chi connectivity index (χ2n) is 4.43. The van der Waals surface area contributed by atoms with Crippen molar-refractivity contribution in [3.63, 3.8) is 0 Å². The van der Waals surface area contributed by atoms with E-state index in [1.165, 1.54) is 4.88 Å². The molecule has 0 atom stereocenters. The molecule has 2 N–H and O–H groups in total. The maximum atomic E-state index is 6.00. The highest BCUT2D eigenvalue weighted by molar-refractivity contribution is 7.18. The summed E-state index contributed by atoms with van der Waals surface area (Å²) in [6.45, 7) is 3.67. The van der Waals surface area contributed by atoms with E-state index in [1.54, 1.807) is 11.3 Å². The zero-order valence-electron chi connectivity index (χ0n) is 9.77. The van der Waals surface area contributed by atoms with Gasteiger partial charge in [-0.15, -0.1) is 11.3 Å². The third kappa shape index (κ3) is 2.00. The van der Waals surface area contributed by atoms with E-state index in [2.05, 4.69) is 23.0 Å². The molecular formula is C12H15N3OS. The van der Waals surface area contributed by atoms with Gasteiger partial charge >= 0.3 is 0 Å². The van der Waals surface area contributed by atoms with Gasteiger partial charge in [0.15, 0.2) is 0 Å². The topological polar surface area (TPSA) is 61.0 Å². The molecule has 0 aromatic carbocycles. The minimum atomic E-state index is 0.401. The van der Waals surface area contributed by atoms with Gasteiger partial charge in [0, 0.05) is 24.0 Å². The van der Waals surface area contributed by atoms with Gasteiger partial charge in [-0.25, -0.2) is 9.97 Å². The summed E-state index contributed by atoms with van der Waals surface area (Å²) < 4.78 is 5.36. The number of nitrogens with zero attached hydrogens (tertiary/aromatic N) is 2. The highest BCUT2D eigenvalue weighted by Gasteiger charge is 2.20. The largest absolute Gasteiger partial charge is 0.383 e. The molecule has 3 rings (SSSR count). The number of anilines is 1. The molecule has 1 aliphatic heterocycles. The van der Waals surface area contributed by atoms with Crippen LogP contribution in [-0.2, 0) is 4.74 Å². The number of rotatable bonds is 1. The SMILES string of the molecule is Cc1cc2c(N)nc(C3CCOCC3)nc2s1. The fourth-order valence-electron chi connectivity index (χ4n) is 2.22.